The third kappa shape index (κ3) is 2.48. The van der Waals surface area contributed by atoms with Gasteiger partial charge in [-0.1, -0.05) is 12.1 Å². The number of fused-ring (bicyclic) bond motifs is 5. The van der Waals surface area contributed by atoms with E-state index in [1.165, 1.54) is 0 Å². The van der Waals surface area contributed by atoms with E-state index < -0.39 is 0 Å². The maximum Gasteiger partial charge on any atom is 0.227 e. The highest BCUT2D eigenvalue weighted by Crippen LogP contribution is 2.32. The summed E-state index contributed by atoms with van der Waals surface area (Å²) in [6.07, 6.45) is 1.68. The zero-order chi connectivity index (χ0) is 18.5. The van der Waals surface area contributed by atoms with E-state index in [4.69, 9.17) is 4.98 Å². The maximum atomic E-state index is 13.0. The number of hydrogen-bond acceptors (Lipinski definition) is 7. The van der Waals surface area contributed by atoms with Crippen molar-refractivity contribution in [1.29, 1.82) is 0 Å². The normalized spacial score (nSPS) is 15.9. The quantitative estimate of drug-likeness (QED) is 0.575. The zero-order valence-corrected chi connectivity index (χ0v) is 16.1. The molecule has 1 N–H and O–H groups in total. The van der Waals surface area contributed by atoms with Crippen LogP contribution >= 0.6 is 11.3 Å². The van der Waals surface area contributed by atoms with Crippen molar-refractivity contribution in [2.45, 2.75) is 0 Å². The molecule has 7 nitrogen and oxygen atoms in total. The molecule has 0 atom stereocenters. The van der Waals surface area contributed by atoms with Crippen LogP contribution in [0.1, 0.15) is 0 Å². The van der Waals surface area contributed by atoms with Crippen LogP contribution in [0.15, 0.2) is 35.3 Å². The van der Waals surface area contributed by atoms with Gasteiger partial charge in [-0.2, -0.15) is 4.98 Å². The third-order valence-corrected chi connectivity index (χ3v) is 6.35. The Hall–Kier alpha value is -2.71. The molecular weight excluding hydrogens is 360 g/mol. The SMILES string of the molecule is CNc1c(=O)c2cnc(N3CCN(C)CC3)nc2n2c1sc1ccccc12. The van der Waals surface area contributed by atoms with Crippen LogP contribution in [0.5, 0.6) is 0 Å². The molecule has 1 aliphatic rings. The van der Waals surface area contributed by atoms with Gasteiger partial charge in [-0.25, -0.2) is 4.98 Å². The molecule has 0 amide bonds. The van der Waals surface area contributed by atoms with Gasteiger partial charge in [-0.15, -0.1) is 11.3 Å². The van der Waals surface area contributed by atoms with Crippen LogP contribution in [0, 0.1) is 0 Å². The van der Waals surface area contributed by atoms with Gasteiger partial charge < -0.3 is 15.1 Å². The minimum absolute atomic E-state index is 0.0519. The molecule has 0 unspecified atom stereocenters. The lowest BCUT2D eigenvalue weighted by atomic mass is 10.2. The van der Waals surface area contributed by atoms with Gasteiger partial charge in [0.15, 0.2) is 5.65 Å². The molecule has 0 saturated carbocycles. The van der Waals surface area contributed by atoms with Crippen molar-refractivity contribution in [2.75, 3.05) is 50.5 Å². The Morgan fingerprint density at radius 3 is 2.70 bits per heavy atom. The summed E-state index contributed by atoms with van der Waals surface area (Å²) in [5.74, 6) is 0.691. The predicted molar refractivity (Wildman–Crippen MR) is 111 cm³/mol. The largest absolute Gasteiger partial charge is 0.383 e. The van der Waals surface area contributed by atoms with E-state index in [-0.39, 0.29) is 5.43 Å². The van der Waals surface area contributed by atoms with Crippen LogP contribution < -0.4 is 15.6 Å². The summed E-state index contributed by atoms with van der Waals surface area (Å²) in [6.45, 7) is 3.74. The predicted octanol–water partition coefficient (Wildman–Crippen LogP) is 2.25. The first-order valence-corrected chi connectivity index (χ1v) is 9.83. The topological polar surface area (TPSA) is 65.8 Å². The molecular formula is C19H20N6OS. The van der Waals surface area contributed by atoms with Gasteiger partial charge >= 0.3 is 0 Å². The summed E-state index contributed by atoms with van der Waals surface area (Å²) in [4.78, 5) is 27.8. The molecule has 8 heteroatoms. The number of pyridine rings is 1. The Balaban J connectivity index is 1.83. The van der Waals surface area contributed by atoms with Crippen molar-refractivity contribution in [2.24, 2.45) is 0 Å². The van der Waals surface area contributed by atoms with Gasteiger partial charge in [0.05, 0.1) is 15.6 Å². The van der Waals surface area contributed by atoms with Crippen LogP contribution in [0.25, 0.3) is 26.1 Å². The van der Waals surface area contributed by atoms with Crippen molar-refractivity contribution in [3.8, 4) is 0 Å². The molecule has 4 heterocycles. The number of para-hydroxylation sites is 1. The lowest BCUT2D eigenvalue weighted by molar-refractivity contribution is 0.311. The lowest BCUT2D eigenvalue weighted by Crippen LogP contribution is -2.45. The molecule has 4 aromatic rings. The summed E-state index contributed by atoms with van der Waals surface area (Å²) < 4.78 is 3.21. The number of anilines is 2. The molecule has 5 rings (SSSR count). The van der Waals surface area contributed by atoms with Crippen LogP contribution in [0.3, 0.4) is 0 Å². The van der Waals surface area contributed by atoms with Crippen molar-refractivity contribution in [1.82, 2.24) is 19.3 Å². The van der Waals surface area contributed by atoms with E-state index in [2.05, 4.69) is 43.7 Å². The molecule has 3 aromatic heterocycles. The summed E-state index contributed by atoms with van der Waals surface area (Å²) >= 11 is 1.60. The Morgan fingerprint density at radius 1 is 1.15 bits per heavy atom. The Bertz CT molecular complexity index is 1220. The fraction of sp³-hybridized carbons (Fsp3) is 0.316. The fourth-order valence-electron chi connectivity index (χ4n) is 3.67. The monoisotopic (exact) mass is 380 g/mol. The molecule has 1 aromatic carbocycles. The van der Waals surface area contributed by atoms with E-state index in [0.29, 0.717) is 22.7 Å². The van der Waals surface area contributed by atoms with Crippen LogP contribution in [-0.2, 0) is 0 Å². The highest BCUT2D eigenvalue weighted by molar-refractivity contribution is 7.24. The molecule has 0 bridgehead atoms. The van der Waals surface area contributed by atoms with E-state index in [9.17, 15) is 4.79 Å². The number of nitrogens with zero attached hydrogens (tertiary/aromatic N) is 5. The maximum absolute atomic E-state index is 13.0. The number of aromatic nitrogens is 3. The molecule has 1 saturated heterocycles. The second kappa shape index (κ2) is 6.17. The molecule has 0 spiro atoms. The van der Waals surface area contributed by atoms with Gasteiger partial charge in [0.1, 0.15) is 10.5 Å². The second-order valence-corrected chi connectivity index (χ2v) is 7.89. The minimum Gasteiger partial charge on any atom is -0.383 e. The van der Waals surface area contributed by atoms with Crippen LogP contribution in [-0.4, -0.2) is 59.5 Å². The van der Waals surface area contributed by atoms with Gasteiger partial charge in [-0.3, -0.25) is 9.20 Å². The molecule has 27 heavy (non-hydrogen) atoms. The minimum atomic E-state index is -0.0519. The number of thiazole rings is 1. The van der Waals surface area contributed by atoms with Gasteiger partial charge in [0, 0.05) is 39.4 Å². The van der Waals surface area contributed by atoms with Crippen molar-refractivity contribution >= 4 is 49.1 Å². The van der Waals surface area contributed by atoms with E-state index >= 15 is 0 Å². The van der Waals surface area contributed by atoms with Gasteiger partial charge in [-0.05, 0) is 19.2 Å². The number of piperazine rings is 1. The Morgan fingerprint density at radius 2 is 1.93 bits per heavy atom. The average molecular weight is 380 g/mol. The molecule has 0 radical (unpaired) electrons. The zero-order valence-electron chi connectivity index (χ0n) is 15.3. The van der Waals surface area contributed by atoms with E-state index in [0.717, 1.165) is 41.2 Å². The lowest BCUT2D eigenvalue weighted by Gasteiger charge is -2.32. The molecule has 0 aliphatic carbocycles. The fourth-order valence-corrected chi connectivity index (χ4v) is 4.86. The smallest absolute Gasteiger partial charge is 0.227 e. The molecule has 1 fully saturated rings. The first-order chi connectivity index (χ1) is 13.2. The number of nitrogens with one attached hydrogen (secondary N) is 1. The molecule has 1 aliphatic heterocycles. The first kappa shape index (κ1) is 16.5. The van der Waals surface area contributed by atoms with Crippen LogP contribution in [0.4, 0.5) is 11.6 Å². The number of benzene rings is 1. The summed E-state index contributed by atoms with van der Waals surface area (Å²) in [6, 6.07) is 8.17. The summed E-state index contributed by atoms with van der Waals surface area (Å²) in [7, 11) is 3.91. The third-order valence-electron chi connectivity index (χ3n) is 5.21. The van der Waals surface area contributed by atoms with Crippen molar-refractivity contribution < 1.29 is 0 Å². The van der Waals surface area contributed by atoms with Crippen molar-refractivity contribution in [3.63, 3.8) is 0 Å². The van der Waals surface area contributed by atoms with Gasteiger partial charge in [0.25, 0.3) is 0 Å². The average Bonchev–Trinajstić information content (AvgIpc) is 3.08. The van der Waals surface area contributed by atoms with Crippen molar-refractivity contribution in [3.05, 3.63) is 40.7 Å². The Kier molecular flexibility index (Phi) is 3.76. The standard InChI is InChI=1S/C19H20N6OS/c1-20-15-16(26)12-11-21-19(24-9-7-23(2)8-10-24)22-17(12)25-13-5-3-4-6-14(13)27-18(15)25/h3-6,11,20H,7-10H2,1-2H3. The van der Waals surface area contributed by atoms with E-state index in [1.54, 1.807) is 24.6 Å². The highest BCUT2D eigenvalue weighted by atomic mass is 32.1. The second-order valence-electron chi connectivity index (χ2n) is 6.86. The number of hydrogen-bond donors (Lipinski definition) is 1. The summed E-state index contributed by atoms with van der Waals surface area (Å²) in [5.41, 5.74) is 2.28. The Labute approximate surface area is 159 Å². The summed E-state index contributed by atoms with van der Waals surface area (Å²) in [5, 5.41) is 3.62. The number of rotatable bonds is 2. The van der Waals surface area contributed by atoms with Gasteiger partial charge in [0.2, 0.25) is 11.4 Å². The number of likely N-dealkylation sites (N-methyl/N-ethyl adjacent to an activating group) is 1. The van der Waals surface area contributed by atoms with E-state index in [1.807, 2.05) is 12.1 Å². The molecule has 138 valence electrons. The first-order valence-electron chi connectivity index (χ1n) is 9.01. The highest BCUT2D eigenvalue weighted by Gasteiger charge is 2.21. The van der Waals surface area contributed by atoms with Crippen LogP contribution in [0.2, 0.25) is 0 Å².